The van der Waals surface area contributed by atoms with E-state index in [0.29, 0.717) is 23.7 Å². The third-order valence-electron chi connectivity index (χ3n) is 4.84. The molecular formula is C18H21N5O2. The van der Waals surface area contributed by atoms with Crippen LogP contribution in [0.5, 0.6) is 0 Å². The Morgan fingerprint density at radius 2 is 2.08 bits per heavy atom. The zero-order valence-corrected chi connectivity index (χ0v) is 14.1. The van der Waals surface area contributed by atoms with Gasteiger partial charge in [0.05, 0.1) is 18.5 Å². The van der Waals surface area contributed by atoms with Gasteiger partial charge in [-0.15, -0.1) is 0 Å². The zero-order valence-electron chi connectivity index (χ0n) is 14.1. The van der Waals surface area contributed by atoms with Gasteiger partial charge in [-0.1, -0.05) is 30.3 Å². The first-order valence-electron chi connectivity index (χ1n) is 8.54. The number of fused-ring (bicyclic) bond motifs is 1. The molecule has 2 heterocycles. The largest absolute Gasteiger partial charge is 0.391 e. The fourth-order valence-electron chi connectivity index (χ4n) is 3.41. The molecule has 0 spiro atoms. The molecular weight excluding hydrogens is 318 g/mol. The molecule has 4 rings (SSSR count). The van der Waals surface area contributed by atoms with Gasteiger partial charge in [0.1, 0.15) is 0 Å². The van der Waals surface area contributed by atoms with Crippen LogP contribution in [0.1, 0.15) is 24.8 Å². The maximum atomic E-state index is 12.8. The van der Waals surface area contributed by atoms with Crippen molar-refractivity contribution in [1.29, 1.82) is 0 Å². The second-order valence-electron chi connectivity index (χ2n) is 6.58. The average Bonchev–Trinajstić information content (AvgIpc) is 3.20. The van der Waals surface area contributed by atoms with Crippen LogP contribution in [0.15, 0.2) is 41.5 Å². The fourth-order valence-corrected chi connectivity index (χ4v) is 3.41. The van der Waals surface area contributed by atoms with Crippen LogP contribution in [-0.2, 0) is 13.6 Å². The summed E-state index contributed by atoms with van der Waals surface area (Å²) in [6.45, 7) is 0.572. The quantitative estimate of drug-likeness (QED) is 0.752. The summed E-state index contributed by atoms with van der Waals surface area (Å²) >= 11 is 0. The Bertz CT molecular complexity index is 947. The Morgan fingerprint density at radius 3 is 2.80 bits per heavy atom. The lowest BCUT2D eigenvalue weighted by atomic mass is 10.2. The van der Waals surface area contributed by atoms with Gasteiger partial charge in [-0.05, 0) is 24.8 Å². The monoisotopic (exact) mass is 339 g/mol. The topological polar surface area (TPSA) is 85.0 Å². The Kier molecular flexibility index (Phi) is 4.01. The van der Waals surface area contributed by atoms with E-state index < -0.39 is 6.10 Å². The Hall–Kier alpha value is -2.67. The van der Waals surface area contributed by atoms with Crippen molar-refractivity contribution in [3.8, 4) is 0 Å². The molecule has 0 amide bonds. The van der Waals surface area contributed by atoms with Gasteiger partial charge in [0, 0.05) is 13.6 Å². The summed E-state index contributed by atoms with van der Waals surface area (Å²) in [6.07, 6.45) is 3.88. The van der Waals surface area contributed by atoms with Gasteiger partial charge in [0.15, 0.2) is 11.2 Å². The van der Waals surface area contributed by atoms with Crippen molar-refractivity contribution in [3.05, 3.63) is 52.6 Å². The summed E-state index contributed by atoms with van der Waals surface area (Å²) in [4.78, 5) is 21.6. The summed E-state index contributed by atoms with van der Waals surface area (Å²) in [5.74, 6) is 0.452. The molecule has 1 aliphatic rings. The van der Waals surface area contributed by atoms with E-state index in [2.05, 4.69) is 15.3 Å². The number of imidazole rings is 1. The van der Waals surface area contributed by atoms with Crippen molar-refractivity contribution in [2.75, 3.05) is 5.32 Å². The first-order chi connectivity index (χ1) is 12.1. The first-order valence-corrected chi connectivity index (χ1v) is 8.54. The normalized spacial score (nSPS) is 20.2. The first kappa shape index (κ1) is 15.8. The second-order valence-corrected chi connectivity index (χ2v) is 6.58. The SMILES string of the molecule is Cn1c(N[C@@H]2CCC[C@H]2O)nc2ncn(Cc3ccccc3)c2c1=O. The van der Waals surface area contributed by atoms with E-state index in [1.54, 1.807) is 13.4 Å². The number of anilines is 1. The molecule has 3 aromatic rings. The van der Waals surface area contributed by atoms with E-state index in [-0.39, 0.29) is 11.6 Å². The van der Waals surface area contributed by atoms with E-state index >= 15 is 0 Å². The molecule has 7 heteroatoms. The molecule has 1 aromatic carbocycles. The molecule has 1 saturated carbocycles. The highest BCUT2D eigenvalue weighted by atomic mass is 16.3. The van der Waals surface area contributed by atoms with Crippen LogP contribution < -0.4 is 10.9 Å². The molecule has 0 aliphatic heterocycles. The molecule has 2 atom stereocenters. The molecule has 2 aromatic heterocycles. The van der Waals surface area contributed by atoms with Gasteiger partial charge in [-0.3, -0.25) is 9.36 Å². The summed E-state index contributed by atoms with van der Waals surface area (Å²) < 4.78 is 3.32. The molecule has 7 nitrogen and oxygen atoms in total. The van der Waals surface area contributed by atoms with Gasteiger partial charge in [0.2, 0.25) is 5.95 Å². The van der Waals surface area contributed by atoms with Crippen molar-refractivity contribution < 1.29 is 5.11 Å². The molecule has 2 N–H and O–H groups in total. The Balaban J connectivity index is 1.70. The molecule has 25 heavy (non-hydrogen) atoms. The van der Waals surface area contributed by atoms with Gasteiger partial charge in [0.25, 0.3) is 5.56 Å². The molecule has 0 saturated heterocycles. The number of nitrogens with zero attached hydrogens (tertiary/aromatic N) is 4. The highest BCUT2D eigenvalue weighted by Gasteiger charge is 2.26. The van der Waals surface area contributed by atoms with E-state index in [0.717, 1.165) is 24.8 Å². The van der Waals surface area contributed by atoms with Gasteiger partial charge in [-0.25, -0.2) is 4.98 Å². The minimum Gasteiger partial charge on any atom is -0.391 e. The molecule has 130 valence electrons. The lowest BCUT2D eigenvalue weighted by Crippen LogP contribution is -2.32. The van der Waals surface area contributed by atoms with Crippen LogP contribution in [0.2, 0.25) is 0 Å². The predicted molar refractivity (Wildman–Crippen MR) is 95.6 cm³/mol. The van der Waals surface area contributed by atoms with E-state index in [4.69, 9.17) is 0 Å². The summed E-state index contributed by atoms with van der Waals surface area (Å²) in [5.41, 5.74) is 1.87. The Morgan fingerprint density at radius 1 is 1.28 bits per heavy atom. The predicted octanol–water partition coefficient (Wildman–Crippen LogP) is 1.50. The summed E-state index contributed by atoms with van der Waals surface area (Å²) in [6, 6.07) is 9.87. The van der Waals surface area contributed by atoms with E-state index in [9.17, 15) is 9.90 Å². The van der Waals surface area contributed by atoms with Crippen molar-refractivity contribution in [2.45, 2.75) is 38.0 Å². The number of nitrogens with one attached hydrogen (secondary N) is 1. The molecule has 1 aliphatic carbocycles. The van der Waals surface area contributed by atoms with Crippen LogP contribution in [-0.4, -0.2) is 36.4 Å². The van der Waals surface area contributed by atoms with Crippen molar-refractivity contribution in [3.63, 3.8) is 0 Å². The average molecular weight is 339 g/mol. The number of hydrogen-bond acceptors (Lipinski definition) is 5. The standard InChI is InChI=1S/C18H21N5O2/c1-22-17(25)15-16(21-18(22)20-13-8-5-9-14(13)24)19-11-23(15)10-12-6-3-2-4-7-12/h2-4,6-7,11,13-14,24H,5,8-10H2,1H3,(H,20,21)/t13-,14-/m1/s1. The molecule has 0 unspecified atom stereocenters. The van der Waals surface area contributed by atoms with E-state index in [1.165, 1.54) is 4.57 Å². The van der Waals surface area contributed by atoms with Crippen molar-refractivity contribution in [2.24, 2.45) is 7.05 Å². The third kappa shape index (κ3) is 2.91. The van der Waals surface area contributed by atoms with E-state index in [1.807, 2.05) is 34.9 Å². The van der Waals surface area contributed by atoms with Crippen LogP contribution in [0.3, 0.4) is 0 Å². The highest BCUT2D eigenvalue weighted by molar-refractivity contribution is 5.71. The maximum absolute atomic E-state index is 12.8. The smallest absolute Gasteiger partial charge is 0.280 e. The number of rotatable bonds is 4. The second kappa shape index (κ2) is 6.33. The summed E-state index contributed by atoms with van der Waals surface area (Å²) in [7, 11) is 1.69. The van der Waals surface area contributed by atoms with Crippen molar-refractivity contribution >= 4 is 17.1 Å². The number of aromatic nitrogens is 4. The maximum Gasteiger partial charge on any atom is 0.280 e. The van der Waals surface area contributed by atoms with Crippen LogP contribution in [0.4, 0.5) is 5.95 Å². The van der Waals surface area contributed by atoms with Crippen molar-refractivity contribution in [1.82, 2.24) is 19.1 Å². The van der Waals surface area contributed by atoms with Gasteiger partial charge < -0.3 is 15.0 Å². The zero-order chi connectivity index (χ0) is 17.4. The summed E-state index contributed by atoms with van der Waals surface area (Å²) in [5, 5.41) is 13.2. The number of aliphatic hydroxyl groups excluding tert-OH is 1. The van der Waals surface area contributed by atoms with Gasteiger partial charge in [-0.2, -0.15) is 4.98 Å². The minimum atomic E-state index is -0.400. The number of aliphatic hydroxyl groups is 1. The lowest BCUT2D eigenvalue weighted by Gasteiger charge is -2.18. The van der Waals surface area contributed by atoms with Gasteiger partial charge >= 0.3 is 0 Å². The minimum absolute atomic E-state index is 0.0676. The van der Waals surface area contributed by atoms with Crippen LogP contribution >= 0.6 is 0 Å². The highest BCUT2D eigenvalue weighted by Crippen LogP contribution is 2.22. The number of benzene rings is 1. The van der Waals surface area contributed by atoms with Crippen LogP contribution in [0, 0.1) is 0 Å². The van der Waals surface area contributed by atoms with Crippen LogP contribution in [0.25, 0.3) is 11.2 Å². The fraction of sp³-hybridized carbons (Fsp3) is 0.389. The third-order valence-corrected chi connectivity index (χ3v) is 4.84. The molecule has 1 fully saturated rings. The Labute approximate surface area is 145 Å². The lowest BCUT2D eigenvalue weighted by molar-refractivity contribution is 0.171. The molecule has 0 bridgehead atoms. The molecule has 0 radical (unpaired) electrons. The number of hydrogen-bond donors (Lipinski definition) is 2.